The van der Waals surface area contributed by atoms with E-state index < -0.39 is 0 Å². The van der Waals surface area contributed by atoms with Gasteiger partial charge in [0.2, 0.25) is 0 Å². The highest BCUT2D eigenvalue weighted by Gasteiger charge is 2.13. The van der Waals surface area contributed by atoms with Gasteiger partial charge < -0.3 is 4.74 Å². The lowest BCUT2D eigenvalue weighted by molar-refractivity contribution is -0.143. The first-order valence-corrected chi connectivity index (χ1v) is 6.67. The van der Waals surface area contributed by atoms with Crippen LogP contribution in [0.25, 0.3) is 0 Å². The van der Waals surface area contributed by atoms with Crippen LogP contribution in [0.4, 0.5) is 4.39 Å². The molecule has 1 aromatic rings. The smallest absolute Gasteiger partial charge is 0.309 e. The van der Waals surface area contributed by atoms with Crippen molar-refractivity contribution in [2.45, 2.75) is 12.7 Å². The first kappa shape index (κ1) is 14.3. The van der Waals surface area contributed by atoms with Crippen LogP contribution >= 0.6 is 23.4 Å². The number of halogens is 2. The average Bonchev–Trinajstić information content (AvgIpc) is 2.30. The Labute approximate surface area is 109 Å². The molecule has 0 aromatic heterocycles. The maximum absolute atomic E-state index is 12.8. The molecule has 0 aliphatic carbocycles. The van der Waals surface area contributed by atoms with Gasteiger partial charge in [-0.25, -0.2) is 4.39 Å². The zero-order valence-corrected chi connectivity index (χ0v) is 11.3. The molecule has 17 heavy (non-hydrogen) atoms. The van der Waals surface area contributed by atoms with E-state index in [4.69, 9.17) is 11.6 Å². The third-order valence-electron chi connectivity index (χ3n) is 2.24. The Morgan fingerprint density at radius 3 is 2.88 bits per heavy atom. The molecule has 0 amide bonds. The van der Waals surface area contributed by atoms with Crippen molar-refractivity contribution in [1.29, 1.82) is 0 Å². The molecule has 1 atom stereocenters. The van der Waals surface area contributed by atoms with Gasteiger partial charge in [-0.15, -0.1) is 0 Å². The van der Waals surface area contributed by atoms with Gasteiger partial charge in [0.1, 0.15) is 5.82 Å². The topological polar surface area (TPSA) is 26.3 Å². The SMILES string of the molecule is COC(=O)C(C)CSCc1ccc(F)cc1Cl. The quantitative estimate of drug-likeness (QED) is 0.770. The standard InChI is InChI=1S/C12H14ClFO2S/c1-8(12(15)16-2)6-17-7-9-3-4-10(14)5-11(9)13/h3-5,8H,6-7H2,1-2H3. The molecular weight excluding hydrogens is 263 g/mol. The second kappa shape index (κ2) is 6.87. The molecule has 1 unspecified atom stereocenters. The van der Waals surface area contributed by atoms with Gasteiger partial charge in [-0.05, 0) is 17.7 Å². The van der Waals surface area contributed by atoms with E-state index in [0.29, 0.717) is 16.5 Å². The van der Waals surface area contributed by atoms with Crippen molar-refractivity contribution in [3.63, 3.8) is 0 Å². The van der Waals surface area contributed by atoms with E-state index in [9.17, 15) is 9.18 Å². The van der Waals surface area contributed by atoms with Gasteiger partial charge in [0, 0.05) is 16.5 Å². The van der Waals surface area contributed by atoms with Crippen LogP contribution < -0.4 is 0 Å². The first-order valence-electron chi connectivity index (χ1n) is 5.14. The summed E-state index contributed by atoms with van der Waals surface area (Å²) in [6.45, 7) is 1.81. The number of carbonyl (C=O) groups is 1. The first-order chi connectivity index (χ1) is 8.04. The number of esters is 1. The Bertz CT molecular complexity index is 398. The minimum atomic E-state index is -0.341. The molecule has 1 aromatic carbocycles. The van der Waals surface area contributed by atoms with E-state index in [0.717, 1.165) is 5.56 Å². The fourth-order valence-electron chi connectivity index (χ4n) is 1.25. The highest BCUT2D eigenvalue weighted by atomic mass is 35.5. The summed E-state index contributed by atoms with van der Waals surface area (Å²) in [5.74, 6) is 0.597. The Morgan fingerprint density at radius 1 is 1.59 bits per heavy atom. The van der Waals surface area contributed by atoms with Crippen LogP contribution in [0.15, 0.2) is 18.2 Å². The van der Waals surface area contributed by atoms with Gasteiger partial charge in [0.05, 0.1) is 13.0 Å². The number of methoxy groups -OCH3 is 1. The normalized spacial score (nSPS) is 12.2. The summed E-state index contributed by atoms with van der Waals surface area (Å²) in [4.78, 5) is 11.2. The predicted octanol–water partition coefficient (Wildman–Crippen LogP) is 3.52. The third kappa shape index (κ3) is 4.56. The zero-order valence-electron chi connectivity index (χ0n) is 9.70. The highest BCUT2D eigenvalue weighted by Crippen LogP contribution is 2.23. The van der Waals surface area contributed by atoms with Gasteiger partial charge in [-0.1, -0.05) is 24.6 Å². The molecule has 0 fully saturated rings. The van der Waals surface area contributed by atoms with Gasteiger partial charge in [0.15, 0.2) is 0 Å². The van der Waals surface area contributed by atoms with Crippen molar-refractivity contribution >= 4 is 29.3 Å². The van der Waals surface area contributed by atoms with Gasteiger partial charge in [-0.2, -0.15) is 11.8 Å². The van der Waals surface area contributed by atoms with Crippen molar-refractivity contribution in [3.05, 3.63) is 34.6 Å². The number of ether oxygens (including phenoxy) is 1. The number of rotatable bonds is 5. The lowest BCUT2D eigenvalue weighted by atomic mass is 10.2. The minimum absolute atomic E-state index is 0.149. The zero-order chi connectivity index (χ0) is 12.8. The summed E-state index contributed by atoms with van der Waals surface area (Å²) in [7, 11) is 1.38. The van der Waals surface area contributed by atoms with Gasteiger partial charge in [0.25, 0.3) is 0 Å². The molecule has 0 bridgehead atoms. The molecule has 1 rings (SSSR count). The van der Waals surface area contributed by atoms with Crippen LogP contribution in [0, 0.1) is 11.7 Å². The molecule has 5 heteroatoms. The second-order valence-electron chi connectivity index (χ2n) is 3.68. The molecule has 0 heterocycles. The monoisotopic (exact) mass is 276 g/mol. The Morgan fingerprint density at radius 2 is 2.29 bits per heavy atom. The molecule has 94 valence electrons. The van der Waals surface area contributed by atoms with Gasteiger partial charge >= 0.3 is 5.97 Å². The van der Waals surface area contributed by atoms with E-state index in [2.05, 4.69) is 4.74 Å². The number of hydrogen-bond acceptors (Lipinski definition) is 3. The fraction of sp³-hybridized carbons (Fsp3) is 0.417. The second-order valence-corrected chi connectivity index (χ2v) is 5.11. The molecule has 2 nitrogen and oxygen atoms in total. The summed E-state index contributed by atoms with van der Waals surface area (Å²) in [5, 5.41) is 0.420. The van der Waals surface area contributed by atoms with Crippen molar-refractivity contribution < 1.29 is 13.9 Å². The highest BCUT2D eigenvalue weighted by molar-refractivity contribution is 7.98. The summed E-state index contributed by atoms with van der Waals surface area (Å²) in [6, 6.07) is 4.33. The van der Waals surface area contributed by atoms with Gasteiger partial charge in [-0.3, -0.25) is 4.79 Å². The molecular formula is C12H14ClFO2S. The van der Waals surface area contributed by atoms with Crippen molar-refractivity contribution in [2.75, 3.05) is 12.9 Å². The summed E-state index contributed by atoms with van der Waals surface area (Å²) >= 11 is 7.46. The Hall–Kier alpha value is -0.740. The fourth-order valence-corrected chi connectivity index (χ4v) is 2.65. The third-order valence-corrected chi connectivity index (χ3v) is 3.85. The molecule has 0 aliphatic rings. The molecule has 0 aliphatic heterocycles. The van der Waals surface area contributed by atoms with Crippen LogP contribution in [0.1, 0.15) is 12.5 Å². The maximum Gasteiger partial charge on any atom is 0.309 e. The number of thioether (sulfide) groups is 1. The molecule has 0 spiro atoms. The largest absolute Gasteiger partial charge is 0.469 e. The molecule has 0 N–H and O–H groups in total. The summed E-state index contributed by atoms with van der Waals surface area (Å²) in [5.41, 5.74) is 0.870. The van der Waals surface area contributed by atoms with Crippen LogP contribution in [-0.4, -0.2) is 18.8 Å². The average molecular weight is 277 g/mol. The Balaban J connectivity index is 2.43. The Kier molecular flexibility index (Phi) is 5.78. The van der Waals surface area contributed by atoms with Crippen molar-refractivity contribution in [3.8, 4) is 0 Å². The number of carbonyl (C=O) groups excluding carboxylic acids is 1. The van der Waals surface area contributed by atoms with E-state index in [-0.39, 0.29) is 17.7 Å². The van der Waals surface area contributed by atoms with Crippen LogP contribution in [-0.2, 0) is 15.3 Å². The van der Waals surface area contributed by atoms with E-state index in [1.165, 1.54) is 19.2 Å². The van der Waals surface area contributed by atoms with Crippen molar-refractivity contribution in [2.24, 2.45) is 5.92 Å². The van der Waals surface area contributed by atoms with Crippen LogP contribution in [0.2, 0.25) is 5.02 Å². The predicted molar refractivity (Wildman–Crippen MR) is 68.8 cm³/mol. The molecule has 0 saturated carbocycles. The lowest BCUT2D eigenvalue weighted by Gasteiger charge is -2.09. The minimum Gasteiger partial charge on any atom is -0.469 e. The number of hydrogen-bond donors (Lipinski definition) is 0. The lowest BCUT2D eigenvalue weighted by Crippen LogP contribution is -2.14. The summed E-state index contributed by atoms with van der Waals surface area (Å²) in [6.07, 6.45) is 0. The summed E-state index contributed by atoms with van der Waals surface area (Å²) < 4.78 is 17.4. The number of benzene rings is 1. The molecule has 0 radical (unpaired) electrons. The van der Waals surface area contributed by atoms with E-state index in [1.807, 2.05) is 6.92 Å². The molecule has 0 saturated heterocycles. The van der Waals surface area contributed by atoms with Crippen LogP contribution in [0.5, 0.6) is 0 Å². The van der Waals surface area contributed by atoms with E-state index in [1.54, 1.807) is 17.8 Å². The van der Waals surface area contributed by atoms with E-state index >= 15 is 0 Å². The van der Waals surface area contributed by atoms with Crippen molar-refractivity contribution in [1.82, 2.24) is 0 Å². The maximum atomic E-state index is 12.8. The van der Waals surface area contributed by atoms with Crippen LogP contribution in [0.3, 0.4) is 0 Å².